The molecule has 76 valence electrons. The van der Waals surface area contributed by atoms with E-state index in [1.165, 1.54) is 6.07 Å². The summed E-state index contributed by atoms with van der Waals surface area (Å²) >= 11 is 0. The van der Waals surface area contributed by atoms with E-state index in [1.807, 2.05) is 0 Å². The Labute approximate surface area is 80.4 Å². The summed E-state index contributed by atoms with van der Waals surface area (Å²) in [6.07, 6.45) is 1.97. The van der Waals surface area contributed by atoms with Gasteiger partial charge in [-0.1, -0.05) is 6.07 Å². The molecule has 0 spiro atoms. The van der Waals surface area contributed by atoms with Crippen molar-refractivity contribution in [3.8, 4) is 5.75 Å². The van der Waals surface area contributed by atoms with E-state index in [4.69, 9.17) is 5.73 Å². The molecule has 0 saturated heterocycles. The maximum Gasteiger partial charge on any atom is 0.200 e. The number of phenolic OH excluding ortho intramolecular Hbond substituents is 1. The number of nitrogens with two attached hydrogens (primary N) is 1. The molecule has 1 aromatic carbocycles. The van der Waals surface area contributed by atoms with Crippen LogP contribution in [0.1, 0.15) is 24.4 Å². The minimum absolute atomic E-state index is 0.297. The molecule has 1 atom stereocenters. The van der Waals surface area contributed by atoms with Crippen LogP contribution >= 0.6 is 0 Å². The Morgan fingerprint density at radius 1 is 1.36 bits per heavy atom. The molecule has 0 unspecified atom stereocenters. The minimum Gasteiger partial charge on any atom is -0.505 e. The Hall–Kier alpha value is -1.16. The number of aromatic hydroxyl groups is 1. The van der Waals surface area contributed by atoms with Crippen LogP contribution in [0.4, 0.5) is 8.78 Å². The van der Waals surface area contributed by atoms with E-state index in [0.29, 0.717) is 11.5 Å². The summed E-state index contributed by atoms with van der Waals surface area (Å²) in [5.74, 6) is -2.61. The van der Waals surface area contributed by atoms with Crippen LogP contribution in [-0.4, -0.2) is 5.11 Å². The van der Waals surface area contributed by atoms with Crippen LogP contribution in [0.25, 0.3) is 0 Å². The zero-order chi connectivity index (χ0) is 10.3. The lowest BCUT2D eigenvalue weighted by atomic mass is 10.0. The van der Waals surface area contributed by atoms with Gasteiger partial charge in [-0.05, 0) is 24.8 Å². The number of hydrogen-bond donors (Lipinski definition) is 2. The van der Waals surface area contributed by atoms with E-state index in [9.17, 15) is 13.9 Å². The molecule has 0 aliphatic heterocycles. The van der Waals surface area contributed by atoms with Crippen molar-refractivity contribution in [3.63, 3.8) is 0 Å². The number of halogens is 2. The topological polar surface area (TPSA) is 46.2 Å². The number of benzene rings is 1. The quantitative estimate of drug-likeness (QED) is 0.766. The first kappa shape index (κ1) is 9.40. The van der Waals surface area contributed by atoms with Gasteiger partial charge in [-0.2, -0.15) is 4.39 Å². The summed E-state index contributed by atoms with van der Waals surface area (Å²) in [6.45, 7) is 0. The number of phenols is 1. The summed E-state index contributed by atoms with van der Waals surface area (Å²) in [7, 11) is 0. The highest BCUT2D eigenvalue weighted by molar-refractivity contribution is 5.37. The first-order valence-electron chi connectivity index (χ1n) is 4.53. The Morgan fingerprint density at radius 2 is 2.00 bits per heavy atom. The standard InChI is InChI=1S/C10H11F2NO/c11-7-4-3-6(10(14)8(7)12)9(13)5-1-2-5/h3-5,9,14H,1-2,13H2/t9-/m1/s1. The van der Waals surface area contributed by atoms with Crippen molar-refractivity contribution in [2.45, 2.75) is 18.9 Å². The predicted octanol–water partition coefficient (Wildman–Crippen LogP) is 2.08. The monoisotopic (exact) mass is 199 g/mol. The van der Waals surface area contributed by atoms with Crippen LogP contribution in [0.5, 0.6) is 5.75 Å². The molecule has 0 aromatic heterocycles. The van der Waals surface area contributed by atoms with Crippen LogP contribution in [0.2, 0.25) is 0 Å². The molecule has 1 fully saturated rings. The molecule has 0 heterocycles. The summed E-state index contributed by atoms with van der Waals surface area (Å²) in [5, 5.41) is 9.33. The van der Waals surface area contributed by atoms with Crippen molar-refractivity contribution < 1.29 is 13.9 Å². The summed E-state index contributed by atoms with van der Waals surface area (Å²) in [6, 6.07) is 1.95. The summed E-state index contributed by atoms with van der Waals surface area (Å²) < 4.78 is 25.6. The molecule has 14 heavy (non-hydrogen) atoms. The van der Waals surface area contributed by atoms with Crippen LogP contribution < -0.4 is 5.73 Å². The van der Waals surface area contributed by atoms with Crippen LogP contribution in [-0.2, 0) is 0 Å². The molecule has 0 amide bonds. The third-order valence-corrected chi connectivity index (χ3v) is 2.59. The minimum atomic E-state index is -1.21. The van der Waals surface area contributed by atoms with Gasteiger partial charge < -0.3 is 10.8 Å². The van der Waals surface area contributed by atoms with Crippen LogP contribution in [0.3, 0.4) is 0 Å². The van der Waals surface area contributed by atoms with Crippen molar-refractivity contribution in [1.82, 2.24) is 0 Å². The summed E-state index contributed by atoms with van der Waals surface area (Å²) in [4.78, 5) is 0. The lowest BCUT2D eigenvalue weighted by Crippen LogP contribution is -2.13. The fourth-order valence-electron chi connectivity index (χ4n) is 1.53. The Morgan fingerprint density at radius 3 is 2.57 bits per heavy atom. The average molecular weight is 199 g/mol. The molecular weight excluding hydrogens is 188 g/mol. The number of hydrogen-bond acceptors (Lipinski definition) is 2. The molecule has 0 bridgehead atoms. The molecule has 3 N–H and O–H groups in total. The van der Waals surface area contributed by atoms with Crippen molar-refractivity contribution in [2.75, 3.05) is 0 Å². The highest BCUT2D eigenvalue weighted by atomic mass is 19.2. The van der Waals surface area contributed by atoms with E-state index < -0.39 is 17.4 Å². The molecule has 1 aliphatic carbocycles. The van der Waals surface area contributed by atoms with Gasteiger partial charge in [0, 0.05) is 11.6 Å². The van der Waals surface area contributed by atoms with Crippen LogP contribution in [0.15, 0.2) is 12.1 Å². The largest absolute Gasteiger partial charge is 0.505 e. The molecule has 2 rings (SSSR count). The first-order valence-corrected chi connectivity index (χ1v) is 4.53. The second-order valence-electron chi connectivity index (χ2n) is 3.66. The highest BCUT2D eigenvalue weighted by Crippen LogP contribution is 2.42. The summed E-state index contributed by atoms with van der Waals surface area (Å²) in [5.41, 5.74) is 6.07. The maximum absolute atomic E-state index is 13.0. The van der Waals surface area contributed by atoms with Crippen molar-refractivity contribution in [3.05, 3.63) is 29.3 Å². The molecule has 1 saturated carbocycles. The van der Waals surface area contributed by atoms with Gasteiger partial charge in [-0.15, -0.1) is 0 Å². The van der Waals surface area contributed by atoms with Gasteiger partial charge in [0.25, 0.3) is 0 Å². The van der Waals surface area contributed by atoms with E-state index in [1.54, 1.807) is 0 Å². The van der Waals surface area contributed by atoms with Crippen LogP contribution in [0, 0.1) is 17.6 Å². The van der Waals surface area contributed by atoms with Gasteiger partial charge >= 0.3 is 0 Å². The molecule has 4 heteroatoms. The van der Waals surface area contributed by atoms with Gasteiger partial charge in [0.2, 0.25) is 5.82 Å². The second kappa shape index (κ2) is 3.20. The Balaban J connectivity index is 2.38. The van der Waals surface area contributed by atoms with Gasteiger partial charge in [0.1, 0.15) is 0 Å². The molecular formula is C10H11F2NO. The zero-order valence-electron chi connectivity index (χ0n) is 7.50. The average Bonchev–Trinajstić information content (AvgIpc) is 2.97. The fraction of sp³-hybridized carbons (Fsp3) is 0.400. The molecule has 1 aliphatic rings. The third kappa shape index (κ3) is 1.46. The SMILES string of the molecule is N[C@@H](c1ccc(F)c(F)c1O)C1CC1. The Bertz CT molecular complexity index is 363. The van der Waals surface area contributed by atoms with Crippen molar-refractivity contribution in [1.29, 1.82) is 0 Å². The zero-order valence-corrected chi connectivity index (χ0v) is 7.50. The predicted molar refractivity (Wildman–Crippen MR) is 47.7 cm³/mol. The van der Waals surface area contributed by atoms with Gasteiger partial charge in [-0.3, -0.25) is 0 Å². The van der Waals surface area contributed by atoms with Gasteiger partial charge in [-0.25, -0.2) is 4.39 Å². The Kier molecular flexibility index (Phi) is 2.15. The van der Waals surface area contributed by atoms with Crippen molar-refractivity contribution in [2.24, 2.45) is 11.7 Å². The van der Waals surface area contributed by atoms with E-state index in [2.05, 4.69) is 0 Å². The molecule has 0 radical (unpaired) electrons. The highest BCUT2D eigenvalue weighted by Gasteiger charge is 2.32. The molecule has 1 aromatic rings. The normalized spacial score (nSPS) is 18.2. The maximum atomic E-state index is 13.0. The van der Waals surface area contributed by atoms with Gasteiger partial charge in [0.15, 0.2) is 11.6 Å². The van der Waals surface area contributed by atoms with Crippen molar-refractivity contribution >= 4 is 0 Å². The first-order chi connectivity index (χ1) is 6.61. The van der Waals surface area contributed by atoms with E-state index in [-0.39, 0.29) is 6.04 Å². The lowest BCUT2D eigenvalue weighted by molar-refractivity contribution is 0.394. The number of rotatable bonds is 2. The third-order valence-electron chi connectivity index (χ3n) is 2.59. The fourth-order valence-corrected chi connectivity index (χ4v) is 1.53. The molecule has 2 nitrogen and oxygen atoms in total. The van der Waals surface area contributed by atoms with E-state index >= 15 is 0 Å². The smallest absolute Gasteiger partial charge is 0.200 e. The lowest BCUT2D eigenvalue weighted by Gasteiger charge is -2.12. The van der Waals surface area contributed by atoms with Gasteiger partial charge in [0.05, 0.1) is 0 Å². The second-order valence-corrected chi connectivity index (χ2v) is 3.66. The van der Waals surface area contributed by atoms with E-state index in [0.717, 1.165) is 18.9 Å².